The summed E-state index contributed by atoms with van der Waals surface area (Å²) in [6, 6.07) is 13.6. The Morgan fingerprint density at radius 3 is 2.24 bits per heavy atom. The Kier molecular flexibility index (Phi) is 5.86. The van der Waals surface area contributed by atoms with Crippen LogP contribution in [0, 0.1) is 18.6 Å². The van der Waals surface area contributed by atoms with Crippen LogP contribution in [0.4, 0.5) is 20.2 Å². The van der Waals surface area contributed by atoms with Crippen LogP contribution < -0.4 is 10.0 Å². The lowest BCUT2D eigenvalue weighted by molar-refractivity contribution is 0.102. The predicted molar refractivity (Wildman–Crippen MR) is 108 cm³/mol. The van der Waals surface area contributed by atoms with E-state index in [1.54, 1.807) is 12.1 Å². The summed E-state index contributed by atoms with van der Waals surface area (Å²) in [5, 5.41) is 2.22. The van der Waals surface area contributed by atoms with Gasteiger partial charge in [0.05, 0.1) is 21.2 Å². The molecule has 0 aromatic heterocycles. The van der Waals surface area contributed by atoms with Crippen molar-refractivity contribution in [2.45, 2.75) is 11.8 Å². The van der Waals surface area contributed by atoms with Crippen LogP contribution in [0.15, 0.2) is 65.6 Å². The number of benzene rings is 3. The molecule has 150 valence electrons. The Hall–Kier alpha value is -2.97. The topological polar surface area (TPSA) is 75.3 Å². The highest BCUT2D eigenvalue weighted by molar-refractivity contribution is 7.92. The van der Waals surface area contributed by atoms with E-state index in [4.69, 9.17) is 11.6 Å². The largest absolute Gasteiger partial charge is 0.322 e. The Balaban J connectivity index is 1.80. The number of nitrogens with one attached hydrogen (secondary N) is 2. The molecule has 0 spiro atoms. The van der Waals surface area contributed by atoms with Gasteiger partial charge in [-0.25, -0.2) is 17.2 Å². The van der Waals surface area contributed by atoms with Crippen molar-refractivity contribution in [3.63, 3.8) is 0 Å². The second-order valence-electron chi connectivity index (χ2n) is 6.20. The molecule has 3 rings (SSSR count). The van der Waals surface area contributed by atoms with Crippen LogP contribution in [0.25, 0.3) is 0 Å². The van der Waals surface area contributed by atoms with E-state index >= 15 is 0 Å². The number of sulfonamides is 1. The molecule has 0 saturated carbocycles. The van der Waals surface area contributed by atoms with Crippen molar-refractivity contribution >= 4 is 38.9 Å². The second kappa shape index (κ2) is 8.18. The Morgan fingerprint density at radius 1 is 0.931 bits per heavy atom. The van der Waals surface area contributed by atoms with Gasteiger partial charge in [-0.1, -0.05) is 35.4 Å². The van der Waals surface area contributed by atoms with E-state index in [2.05, 4.69) is 10.0 Å². The van der Waals surface area contributed by atoms with Crippen LogP contribution in [-0.2, 0) is 10.0 Å². The number of aryl methyl sites for hydroxylation is 1. The monoisotopic (exact) mass is 436 g/mol. The number of amides is 1. The molecule has 0 heterocycles. The van der Waals surface area contributed by atoms with Gasteiger partial charge in [-0.2, -0.15) is 0 Å². The van der Waals surface area contributed by atoms with Crippen molar-refractivity contribution in [1.82, 2.24) is 0 Å². The molecule has 0 unspecified atom stereocenters. The fraction of sp³-hybridized carbons (Fsp3) is 0.0500. The predicted octanol–water partition coefficient (Wildman–Crippen LogP) is 4.98. The molecule has 3 aromatic carbocycles. The number of hydrogen-bond acceptors (Lipinski definition) is 3. The molecular formula is C20H15ClF2N2O3S. The van der Waals surface area contributed by atoms with Crippen LogP contribution in [0.5, 0.6) is 0 Å². The molecule has 0 aliphatic carbocycles. The van der Waals surface area contributed by atoms with E-state index in [9.17, 15) is 22.0 Å². The molecule has 9 heteroatoms. The van der Waals surface area contributed by atoms with Gasteiger partial charge < -0.3 is 5.32 Å². The molecule has 0 radical (unpaired) electrons. The summed E-state index contributed by atoms with van der Waals surface area (Å²) in [6.45, 7) is 1.84. The molecular weight excluding hydrogens is 422 g/mol. The zero-order chi connectivity index (χ0) is 21.2. The van der Waals surface area contributed by atoms with E-state index in [1.807, 2.05) is 6.92 Å². The zero-order valence-electron chi connectivity index (χ0n) is 15.0. The molecule has 3 aromatic rings. The van der Waals surface area contributed by atoms with Gasteiger partial charge in [0.1, 0.15) is 0 Å². The SMILES string of the molecule is Cc1ccc(S(=O)(=O)Nc2cccc(NC(=O)c3cc(F)c(F)cc3Cl)c2)cc1. The first-order chi connectivity index (χ1) is 13.7. The van der Waals surface area contributed by atoms with Gasteiger partial charge in [-0.15, -0.1) is 0 Å². The van der Waals surface area contributed by atoms with Gasteiger partial charge in [0.2, 0.25) is 0 Å². The molecule has 0 aliphatic rings. The molecule has 1 amide bonds. The maximum Gasteiger partial charge on any atom is 0.261 e. The average Bonchev–Trinajstić information content (AvgIpc) is 2.65. The lowest BCUT2D eigenvalue weighted by Crippen LogP contribution is -2.15. The summed E-state index contributed by atoms with van der Waals surface area (Å²) >= 11 is 5.80. The molecule has 0 atom stereocenters. The molecule has 0 bridgehead atoms. The number of rotatable bonds is 5. The average molecular weight is 437 g/mol. The Labute approximate surface area is 171 Å². The summed E-state index contributed by atoms with van der Waals surface area (Å²) in [5.74, 6) is -3.15. The number of carbonyl (C=O) groups is 1. The van der Waals surface area contributed by atoms with Crippen molar-refractivity contribution < 1.29 is 22.0 Å². The van der Waals surface area contributed by atoms with Crippen LogP contribution in [0.1, 0.15) is 15.9 Å². The van der Waals surface area contributed by atoms with E-state index in [-0.39, 0.29) is 26.9 Å². The van der Waals surface area contributed by atoms with Gasteiger partial charge >= 0.3 is 0 Å². The normalized spacial score (nSPS) is 11.2. The van der Waals surface area contributed by atoms with Gasteiger partial charge in [-0.05, 0) is 49.4 Å². The smallest absolute Gasteiger partial charge is 0.261 e. The quantitative estimate of drug-likeness (QED) is 0.554. The minimum atomic E-state index is -3.82. The zero-order valence-corrected chi connectivity index (χ0v) is 16.6. The van der Waals surface area contributed by atoms with Gasteiger partial charge in [0, 0.05) is 5.69 Å². The fourth-order valence-electron chi connectivity index (χ4n) is 2.49. The molecule has 0 aliphatic heterocycles. The first-order valence-corrected chi connectivity index (χ1v) is 10.2. The van der Waals surface area contributed by atoms with Gasteiger partial charge in [0.15, 0.2) is 11.6 Å². The van der Waals surface area contributed by atoms with Gasteiger partial charge in [0.25, 0.3) is 15.9 Å². The minimum Gasteiger partial charge on any atom is -0.322 e. The summed E-state index contributed by atoms with van der Waals surface area (Å²) in [7, 11) is -3.82. The van der Waals surface area contributed by atoms with Gasteiger partial charge in [-0.3, -0.25) is 9.52 Å². The van der Waals surface area contributed by atoms with Crippen LogP contribution in [0.2, 0.25) is 5.02 Å². The number of halogens is 3. The summed E-state index contributed by atoms with van der Waals surface area (Å²) in [6.07, 6.45) is 0. The lowest BCUT2D eigenvalue weighted by Gasteiger charge is -2.11. The Bertz CT molecular complexity index is 1180. The van der Waals surface area contributed by atoms with Crippen LogP contribution >= 0.6 is 11.6 Å². The summed E-state index contributed by atoms with van der Waals surface area (Å²) in [4.78, 5) is 12.4. The van der Waals surface area contributed by atoms with Crippen molar-refractivity contribution in [3.05, 3.63) is 88.4 Å². The third-order valence-electron chi connectivity index (χ3n) is 3.96. The van der Waals surface area contributed by atoms with E-state index in [1.165, 1.54) is 36.4 Å². The molecule has 0 fully saturated rings. The maximum absolute atomic E-state index is 13.4. The van der Waals surface area contributed by atoms with Crippen molar-refractivity contribution in [1.29, 1.82) is 0 Å². The third kappa shape index (κ3) is 4.90. The highest BCUT2D eigenvalue weighted by Gasteiger charge is 2.17. The standard InChI is InChI=1S/C20H15ClF2N2O3S/c1-12-5-7-15(8-6-12)29(27,28)25-14-4-2-3-13(9-14)24-20(26)16-10-18(22)19(23)11-17(16)21/h2-11,25H,1H3,(H,24,26). The summed E-state index contributed by atoms with van der Waals surface area (Å²) in [5.41, 5.74) is 1.11. The lowest BCUT2D eigenvalue weighted by atomic mass is 10.2. The number of hydrogen-bond donors (Lipinski definition) is 2. The highest BCUT2D eigenvalue weighted by atomic mass is 35.5. The molecule has 2 N–H and O–H groups in total. The third-order valence-corrected chi connectivity index (χ3v) is 5.67. The minimum absolute atomic E-state index is 0.0890. The van der Waals surface area contributed by atoms with Crippen LogP contribution in [0.3, 0.4) is 0 Å². The van der Waals surface area contributed by atoms with Crippen molar-refractivity contribution in [2.24, 2.45) is 0 Å². The molecule has 5 nitrogen and oxygen atoms in total. The number of anilines is 2. The first-order valence-electron chi connectivity index (χ1n) is 8.31. The van der Waals surface area contributed by atoms with Crippen molar-refractivity contribution in [2.75, 3.05) is 10.0 Å². The second-order valence-corrected chi connectivity index (χ2v) is 8.29. The number of carbonyl (C=O) groups excluding carboxylic acids is 1. The Morgan fingerprint density at radius 2 is 1.55 bits per heavy atom. The first kappa shape index (κ1) is 20.8. The van der Waals surface area contributed by atoms with E-state index in [0.29, 0.717) is 12.1 Å². The molecule has 29 heavy (non-hydrogen) atoms. The summed E-state index contributed by atoms with van der Waals surface area (Å²) < 4.78 is 54.0. The highest BCUT2D eigenvalue weighted by Crippen LogP contribution is 2.23. The van der Waals surface area contributed by atoms with E-state index in [0.717, 1.165) is 5.56 Å². The molecule has 0 saturated heterocycles. The maximum atomic E-state index is 13.4. The van der Waals surface area contributed by atoms with Crippen molar-refractivity contribution in [3.8, 4) is 0 Å². The van der Waals surface area contributed by atoms with E-state index < -0.39 is 27.6 Å². The van der Waals surface area contributed by atoms with Crippen LogP contribution in [-0.4, -0.2) is 14.3 Å². The fourth-order valence-corrected chi connectivity index (χ4v) is 3.77.